The highest BCUT2D eigenvalue weighted by atomic mass is 16.4. The minimum atomic E-state index is -1.02. The van der Waals surface area contributed by atoms with Crippen LogP contribution in [0.15, 0.2) is 30.6 Å². The Morgan fingerprint density at radius 2 is 2.22 bits per heavy atom. The standard InChI is InChI=1S/C13H16N2O3/c1-10(2)15(9-13(17)18)12(16)6-5-11-4-3-7-14-8-11/h3-8,10H,9H2,1-2H3,(H,17,18)/b6-5+. The minimum Gasteiger partial charge on any atom is -0.480 e. The van der Waals surface area contributed by atoms with Crippen molar-refractivity contribution in [2.75, 3.05) is 6.54 Å². The summed E-state index contributed by atoms with van der Waals surface area (Å²) in [4.78, 5) is 27.7. The number of amides is 1. The number of pyridine rings is 1. The first-order valence-electron chi connectivity index (χ1n) is 5.61. The number of carbonyl (C=O) groups excluding carboxylic acids is 1. The fraction of sp³-hybridized carbons (Fsp3) is 0.308. The van der Waals surface area contributed by atoms with Crippen LogP contribution in [0.1, 0.15) is 19.4 Å². The molecule has 0 atom stereocenters. The lowest BCUT2D eigenvalue weighted by molar-refractivity contribution is -0.143. The SMILES string of the molecule is CC(C)N(CC(=O)O)C(=O)/C=C/c1cccnc1. The van der Waals surface area contributed by atoms with Crippen molar-refractivity contribution in [2.45, 2.75) is 19.9 Å². The van der Waals surface area contributed by atoms with Crippen LogP contribution in [0.25, 0.3) is 6.08 Å². The number of hydrogen-bond donors (Lipinski definition) is 1. The van der Waals surface area contributed by atoms with Gasteiger partial charge in [-0.1, -0.05) is 6.07 Å². The molecule has 5 nitrogen and oxygen atoms in total. The molecule has 0 fully saturated rings. The van der Waals surface area contributed by atoms with E-state index in [4.69, 9.17) is 5.11 Å². The molecule has 0 saturated carbocycles. The van der Waals surface area contributed by atoms with Crippen molar-refractivity contribution in [2.24, 2.45) is 0 Å². The van der Waals surface area contributed by atoms with Crippen LogP contribution in [0.2, 0.25) is 0 Å². The van der Waals surface area contributed by atoms with Crippen molar-refractivity contribution in [3.63, 3.8) is 0 Å². The monoisotopic (exact) mass is 248 g/mol. The van der Waals surface area contributed by atoms with Crippen LogP contribution in [0, 0.1) is 0 Å². The molecular weight excluding hydrogens is 232 g/mol. The van der Waals surface area contributed by atoms with Crippen LogP contribution in [0.4, 0.5) is 0 Å². The van der Waals surface area contributed by atoms with E-state index in [1.165, 1.54) is 11.0 Å². The third-order valence-corrected chi connectivity index (χ3v) is 2.31. The second kappa shape index (κ2) is 6.54. The normalized spacial score (nSPS) is 10.8. The predicted molar refractivity (Wildman–Crippen MR) is 67.8 cm³/mol. The first-order chi connectivity index (χ1) is 8.50. The first kappa shape index (κ1) is 13.9. The summed E-state index contributed by atoms with van der Waals surface area (Å²) in [6.45, 7) is 3.26. The van der Waals surface area contributed by atoms with E-state index < -0.39 is 5.97 Å². The van der Waals surface area contributed by atoms with Crippen molar-refractivity contribution >= 4 is 18.0 Å². The molecule has 0 spiro atoms. The van der Waals surface area contributed by atoms with Crippen LogP contribution < -0.4 is 0 Å². The highest BCUT2D eigenvalue weighted by molar-refractivity contribution is 5.93. The molecule has 0 aliphatic heterocycles. The summed E-state index contributed by atoms with van der Waals surface area (Å²) < 4.78 is 0. The quantitative estimate of drug-likeness (QED) is 0.800. The lowest BCUT2D eigenvalue weighted by Gasteiger charge is -2.23. The maximum atomic E-state index is 11.8. The highest BCUT2D eigenvalue weighted by Gasteiger charge is 2.17. The zero-order chi connectivity index (χ0) is 13.5. The van der Waals surface area contributed by atoms with E-state index in [-0.39, 0.29) is 18.5 Å². The van der Waals surface area contributed by atoms with Gasteiger partial charge in [0.05, 0.1) is 0 Å². The molecule has 0 radical (unpaired) electrons. The summed E-state index contributed by atoms with van der Waals surface area (Å²) in [5.41, 5.74) is 0.796. The van der Waals surface area contributed by atoms with Crippen molar-refractivity contribution in [3.8, 4) is 0 Å². The van der Waals surface area contributed by atoms with Gasteiger partial charge in [-0.3, -0.25) is 14.6 Å². The van der Waals surface area contributed by atoms with Gasteiger partial charge in [-0.25, -0.2) is 0 Å². The van der Waals surface area contributed by atoms with Crippen LogP contribution in [-0.4, -0.2) is 39.5 Å². The van der Waals surface area contributed by atoms with E-state index in [0.717, 1.165) is 5.56 Å². The lowest BCUT2D eigenvalue weighted by atomic mass is 10.2. The number of rotatable bonds is 5. The number of carboxylic acid groups (broad SMARTS) is 1. The molecule has 0 aliphatic rings. The molecule has 1 amide bonds. The molecule has 1 rings (SSSR count). The molecule has 0 aromatic carbocycles. The molecular formula is C13H16N2O3. The van der Waals surface area contributed by atoms with Gasteiger partial charge in [0.1, 0.15) is 6.54 Å². The van der Waals surface area contributed by atoms with Crippen molar-refractivity contribution in [1.29, 1.82) is 0 Å². The maximum absolute atomic E-state index is 11.8. The Bertz CT molecular complexity index is 441. The molecule has 1 heterocycles. The molecule has 18 heavy (non-hydrogen) atoms. The van der Waals surface area contributed by atoms with E-state index in [0.29, 0.717) is 0 Å². The number of carbonyl (C=O) groups is 2. The Labute approximate surface area is 106 Å². The molecule has 1 N–H and O–H groups in total. The summed E-state index contributed by atoms with van der Waals surface area (Å²) in [6, 6.07) is 3.42. The first-order valence-corrected chi connectivity index (χ1v) is 5.61. The summed E-state index contributed by atoms with van der Waals surface area (Å²) in [5, 5.41) is 8.74. The number of nitrogens with zero attached hydrogens (tertiary/aromatic N) is 2. The number of carboxylic acids is 1. The Kier molecular flexibility index (Phi) is 5.05. The van der Waals surface area contributed by atoms with Gasteiger partial charge < -0.3 is 10.0 Å². The van der Waals surface area contributed by atoms with E-state index in [1.54, 1.807) is 38.4 Å². The molecule has 96 valence electrons. The van der Waals surface area contributed by atoms with Crippen LogP contribution in [0.3, 0.4) is 0 Å². The molecule has 5 heteroatoms. The Hall–Kier alpha value is -2.17. The van der Waals surface area contributed by atoms with Gasteiger partial charge in [-0.2, -0.15) is 0 Å². The maximum Gasteiger partial charge on any atom is 0.323 e. The van der Waals surface area contributed by atoms with E-state index in [9.17, 15) is 9.59 Å². The minimum absolute atomic E-state index is 0.160. The fourth-order valence-corrected chi connectivity index (χ4v) is 1.40. The predicted octanol–water partition coefficient (Wildman–Crippen LogP) is 1.42. The van der Waals surface area contributed by atoms with Gasteiger partial charge in [0.15, 0.2) is 0 Å². The summed E-state index contributed by atoms with van der Waals surface area (Å²) in [7, 11) is 0. The van der Waals surface area contributed by atoms with Crippen molar-refractivity contribution in [3.05, 3.63) is 36.2 Å². The molecule has 1 aromatic heterocycles. The van der Waals surface area contributed by atoms with E-state index in [2.05, 4.69) is 4.98 Å². The zero-order valence-electron chi connectivity index (χ0n) is 10.4. The molecule has 0 unspecified atom stereocenters. The smallest absolute Gasteiger partial charge is 0.323 e. The van der Waals surface area contributed by atoms with Gasteiger partial charge in [-0.15, -0.1) is 0 Å². The number of hydrogen-bond acceptors (Lipinski definition) is 3. The third-order valence-electron chi connectivity index (χ3n) is 2.31. The van der Waals surface area contributed by atoms with E-state index in [1.807, 2.05) is 6.07 Å². The molecule has 0 aliphatic carbocycles. The lowest BCUT2D eigenvalue weighted by Crippen LogP contribution is -2.39. The average molecular weight is 248 g/mol. The third kappa shape index (κ3) is 4.37. The Morgan fingerprint density at radius 1 is 1.50 bits per heavy atom. The van der Waals surface area contributed by atoms with Crippen LogP contribution >= 0.6 is 0 Å². The highest BCUT2D eigenvalue weighted by Crippen LogP contribution is 2.03. The van der Waals surface area contributed by atoms with Crippen LogP contribution in [0.5, 0.6) is 0 Å². The Balaban J connectivity index is 2.73. The van der Waals surface area contributed by atoms with Gasteiger partial charge in [0.2, 0.25) is 5.91 Å². The Morgan fingerprint density at radius 3 is 2.72 bits per heavy atom. The molecule has 0 saturated heterocycles. The molecule has 1 aromatic rings. The second-order valence-electron chi connectivity index (χ2n) is 4.07. The average Bonchev–Trinajstić information content (AvgIpc) is 2.34. The largest absolute Gasteiger partial charge is 0.480 e. The van der Waals surface area contributed by atoms with E-state index >= 15 is 0 Å². The fourth-order valence-electron chi connectivity index (χ4n) is 1.40. The van der Waals surface area contributed by atoms with Crippen LogP contribution in [-0.2, 0) is 9.59 Å². The van der Waals surface area contributed by atoms with Gasteiger partial charge in [0.25, 0.3) is 0 Å². The van der Waals surface area contributed by atoms with Crippen molar-refractivity contribution < 1.29 is 14.7 Å². The van der Waals surface area contributed by atoms with Crippen molar-refractivity contribution in [1.82, 2.24) is 9.88 Å². The topological polar surface area (TPSA) is 70.5 Å². The van der Waals surface area contributed by atoms with Gasteiger partial charge in [-0.05, 0) is 31.6 Å². The molecule has 0 bridgehead atoms. The summed E-state index contributed by atoms with van der Waals surface area (Å²) >= 11 is 0. The van der Waals surface area contributed by atoms with Gasteiger partial charge in [0, 0.05) is 24.5 Å². The summed E-state index contributed by atoms with van der Waals surface area (Å²) in [5.74, 6) is -1.34. The number of aromatic nitrogens is 1. The number of aliphatic carboxylic acids is 1. The zero-order valence-corrected chi connectivity index (χ0v) is 10.4. The second-order valence-corrected chi connectivity index (χ2v) is 4.07. The van der Waals surface area contributed by atoms with Gasteiger partial charge >= 0.3 is 5.97 Å². The summed E-state index contributed by atoms with van der Waals surface area (Å²) in [6.07, 6.45) is 6.25.